The molecule has 0 aliphatic carbocycles. The van der Waals surface area contributed by atoms with Crippen LogP contribution in [0.1, 0.15) is 22.0 Å². The van der Waals surface area contributed by atoms with Gasteiger partial charge in [-0.25, -0.2) is 8.78 Å². The largest absolute Gasteiger partial charge is 0.271 e. The second-order valence-corrected chi connectivity index (χ2v) is 6.71. The predicted octanol–water partition coefficient (Wildman–Crippen LogP) is 3.84. The van der Waals surface area contributed by atoms with E-state index in [0.717, 1.165) is 20.3 Å². The van der Waals surface area contributed by atoms with Gasteiger partial charge in [0.25, 0.3) is 0 Å². The predicted molar refractivity (Wildman–Crippen MR) is 76.9 cm³/mol. The van der Waals surface area contributed by atoms with Crippen molar-refractivity contribution in [3.05, 3.63) is 55.7 Å². The van der Waals surface area contributed by atoms with Crippen LogP contribution in [-0.2, 0) is 6.42 Å². The first-order valence-corrected chi connectivity index (χ1v) is 7.27. The lowest BCUT2D eigenvalue weighted by molar-refractivity contribution is 0.546. The summed E-state index contributed by atoms with van der Waals surface area (Å²) in [4.78, 5) is 1.02. The molecular weight excluding hydrogens is 334 g/mol. The first-order valence-electron chi connectivity index (χ1n) is 5.66. The van der Waals surface area contributed by atoms with E-state index in [1.54, 1.807) is 11.3 Å². The molecule has 0 radical (unpaired) electrons. The van der Waals surface area contributed by atoms with Crippen LogP contribution in [0.25, 0.3) is 0 Å². The summed E-state index contributed by atoms with van der Waals surface area (Å²) in [7, 11) is 0. The number of hydrogen-bond acceptors (Lipinski definition) is 3. The third kappa shape index (κ3) is 3.60. The summed E-state index contributed by atoms with van der Waals surface area (Å²) in [5.41, 5.74) is 4.38. The molecule has 2 aromatic rings. The summed E-state index contributed by atoms with van der Waals surface area (Å²) in [6, 6.07) is 5.34. The van der Waals surface area contributed by atoms with Gasteiger partial charge in [-0.15, -0.1) is 11.3 Å². The number of benzene rings is 1. The fourth-order valence-electron chi connectivity index (χ4n) is 1.86. The number of thiophene rings is 1. The highest BCUT2D eigenvalue weighted by Crippen LogP contribution is 2.32. The van der Waals surface area contributed by atoms with Gasteiger partial charge in [-0.1, -0.05) is 0 Å². The van der Waals surface area contributed by atoms with Crippen molar-refractivity contribution < 1.29 is 8.78 Å². The quantitative estimate of drug-likeness (QED) is 0.651. The van der Waals surface area contributed by atoms with Crippen molar-refractivity contribution in [2.45, 2.75) is 19.4 Å². The van der Waals surface area contributed by atoms with Crippen LogP contribution in [0.2, 0.25) is 0 Å². The molecule has 0 bridgehead atoms. The van der Waals surface area contributed by atoms with E-state index in [0.29, 0.717) is 12.0 Å². The van der Waals surface area contributed by atoms with Crippen molar-refractivity contribution in [2.24, 2.45) is 5.84 Å². The topological polar surface area (TPSA) is 38.0 Å². The summed E-state index contributed by atoms with van der Waals surface area (Å²) in [5.74, 6) is 4.39. The van der Waals surface area contributed by atoms with Crippen LogP contribution in [0.15, 0.2) is 28.1 Å². The van der Waals surface area contributed by atoms with E-state index in [9.17, 15) is 8.78 Å². The first kappa shape index (κ1) is 14.6. The smallest absolute Gasteiger partial charge is 0.126 e. The summed E-state index contributed by atoms with van der Waals surface area (Å²) in [6.45, 7) is 1.99. The lowest BCUT2D eigenvalue weighted by Gasteiger charge is -2.14. The van der Waals surface area contributed by atoms with Gasteiger partial charge in [-0.3, -0.25) is 11.3 Å². The third-order valence-corrected chi connectivity index (χ3v) is 5.03. The summed E-state index contributed by atoms with van der Waals surface area (Å²) in [6.07, 6.45) is 0.428. The summed E-state index contributed by atoms with van der Waals surface area (Å²) in [5, 5.41) is 0. The molecule has 1 aromatic heterocycles. The molecule has 1 atom stereocenters. The number of hydrazine groups is 1. The number of rotatable bonds is 4. The number of aryl methyl sites for hydroxylation is 1. The molecule has 2 rings (SSSR count). The molecule has 0 spiro atoms. The molecule has 0 saturated heterocycles. The third-order valence-electron chi connectivity index (χ3n) is 2.78. The Kier molecular flexibility index (Phi) is 4.67. The monoisotopic (exact) mass is 346 g/mol. The van der Waals surface area contributed by atoms with Crippen LogP contribution in [0.5, 0.6) is 0 Å². The molecule has 0 fully saturated rings. The van der Waals surface area contributed by atoms with Crippen molar-refractivity contribution in [1.82, 2.24) is 5.43 Å². The molecule has 1 aromatic carbocycles. The number of hydrogen-bond donors (Lipinski definition) is 2. The fourth-order valence-corrected chi connectivity index (χ4v) is 3.49. The van der Waals surface area contributed by atoms with Crippen LogP contribution < -0.4 is 11.3 Å². The Bertz CT molecular complexity index is 546. The molecular formula is C13H13BrF2N2S. The SMILES string of the molecule is Cc1cc(C(Cc2cc(F)cc(F)c2)NN)sc1Br. The molecule has 19 heavy (non-hydrogen) atoms. The maximum atomic E-state index is 13.2. The number of nitrogens with two attached hydrogens (primary N) is 1. The van der Waals surface area contributed by atoms with E-state index in [1.807, 2.05) is 13.0 Å². The Morgan fingerprint density at radius 3 is 2.37 bits per heavy atom. The molecule has 1 heterocycles. The number of nitrogens with one attached hydrogen (secondary N) is 1. The first-order chi connectivity index (χ1) is 8.99. The Balaban J connectivity index is 2.23. The average Bonchev–Trinajstić information content (AvgIpc) is 2.65. The molecule has 2 nitrogen and oxygen atoms in total. The lowest BCUT2D eigenvalue weighted by Crippen LogP contribution is -2.29. The van der Waals surface area contributed by atoms with Gasteiger partial charge in [0.15, 0.2) is 0 Å². The Labute approximate surface area is 122 Å². The van der Waals surface area contributed by atoms with E-state index in [2.05, 4.69) is 21.4 Å². The van der Waals surface area contributed by atoms with Gasteiger partial charge in [-0.2, -0.15) is 0 Å². The second kappa shape index (κ2) is 6.09. The van der Waals surface area contributed by atoms with Crippen molar-refractivity contribution in [3.63, 3.8) is 0 Å². The molecule has 102 valence electrons. The molecule has 0 aliphatic heterocycles. The average molecular weight is 347 g/mol. The Hall–Kier alpha value is -0.820. The van der Waals surface area contributed by atoms with E-state index >= 15 is 0 Å². The van der Waals surface area contributed by atoms with Crippen LogP contribution >= 0.6 is 27.3 Å². The highest BCUT2D eigenvalue weighted by molar-refractivity contribution is 9.11. The normalized spacial score (nSPS) is 12.7. The van der Waals surface area contributed by atoms with E-state index < -0.39 is 11.6 Å². The summed E-state index contributed by atoms with van der Waals surface area (Å²) < 4.78 is 27.3. The lowest BCUT2D eigenvalue weighted by atomic mass is 10.0. The van der Waals surface area contributed by atoms with Gasteiger partial charge in [-0.05, 0) is 58.6 Å². The zero-order chi connectivity index (χ0) is 14.0. The van der Waals surface area contributed by atoms with Gasteiger partial charge in [0.05, 0.1) is 9.83 Å². The zero-order valence-electron chi connectivity index (χ0n) is 10.2. The maximum Gasteiger partial charge on any atom is 0.126 e. The maximum absolute atomic E-state index is 13.2. The second-order valence-electron chi connectivity index (χ2n) is 4.31. The molecule has 0 aliphatic rings. The fraction of sp³-hybridized carbons (Fsp3) is 0.231. The van der Waals surface area contributed by atoms with E-state index in [-0.39, 0.29) is 6.04 Å². The van der Waals surface area contributed by atoms with Gasteiger partial charge in [0, 0.05) is 10.9 Å². The standard InChI is InChI=1S/C13H13BrF2N2S/c1-7-2-12(19-13(7)14)11(18-17)5-8-3-9(15)6-10(16)4-8/h2-4,6,11,18H,5,17H2,1H3. The van der Waals surface area contributed by atoms with Gasteiger partial charge in [0.1, 0.15) is 11.6 Å². The highest BCUT2D eigenvalue weighted by Gasteiger charge is 2.15. The van der Waals surface area contributed by atoms with Crippen molar-refractivity contribution >= 4 is 27.3 Å². The minimum absolute atomic E-state index is 0.170. The number of halogens is 3. The van der Waals surface area contributed by atoms with Crippen molar-refractivity contribution in [3.8, 4) is 0 Å². The van der Waals surface area contributed by atoms with Gasteiger partial charge >= 0.3 is 0 Å². The van der Waals surface area contributed by atoms with Gasteiger partial charge < -0.3 is 0 Å². The Morgan fingerprint density at radius 2 is 1.89 bits per heavy atom. The van der Waals surface area contributed by atoms with Crippen LogP contribution in [0.4, 0.5) is 8.78 Å². The van der Waals surface area contributed by atoms with Crippen molar-refractivity contribution in [2.75, 3.05) is 0 Å². The Morgan fingerprint density at radius 1 is 1.26 bits per heavy atom. The minimum atomic E-state index is -0.575. The van der Waals surface area contributed by atoms with E-state index in [1.165, 1.54) is 12.1 Å². The van der Waals surface area contributed by atoms with Crippen LogP contribution in [0, 0.1) is 18.6 Å². The minimum Gasteiger partial charge on any atom is -0.271 e. The molecule has 3 N–H and O–H groups in total. The molecule has 0 saturated carbocycles. The summed E-state index contributed by atoms with van der Waals surface area (Å²) >= 11 is 5.01. The highest BCUT2D eigenvalue weighted by atomic mass is 79.9. The molecule has 0 amide bonds. The molecule has 1 unspecified atom stereocenters. The van der Waals surface area contributed by atoms with Crippen molar-refractivity contribution in [1.29, 1.82) is 0 Å². The van der Waals surface area contributed by atoms with Gasteiger partial charge in [0.2, 0.25) is 0 Å². The molecule has 6 heteroatoms. The van der Waals surface area contributed by atoms with E-state index in [4.69, 9.17) is 5.84 Å². The van der Waals surface area contributed by atoms with Crippen LogP contribution in [0.3, 0.4) is 0 Å². The van der Waals surface area contributed by atoms with Crippen LogP contribution in [-0.4, -0.2) is 0 Å². The zero-order valence-corrected chi connectivity index (χ0v) is 12.6.